The van der Waals surface area contributed by atoms with E-state index in [0.29, 0.717) is 11.3 Å². The number of aliphatic hydroxyl groups excluding tert-OH is 1. The highest BCUT2D eigenvalue weighted by Gasteiger charge is 2.24. The fraction of sp³-hybridized carbons (Fsp3) is 0.421. The van der Waals surface area contributed by atoms with Gasteiger partial charge in [0.1, 0.15) is 17.6 Å². The standard InChI is InChI=1S/C19H24ClN3O5/c1-11(2)17-14(10-28-21-17)19(27)23(4)9-13(24)8-22(3)18(26)12-5-6-15(20)16(25)7-12/h5-7,10-11,13,24-25H,8-9H2,1-4H3. The molecular weight excluding hydrogens is 386 g/mol. The first-order valence-corrected chi connectivity index (χ1v) is 9.11. The zero-order valence-electron chi connectivity index (χ0n) is 16.2. The van der Waals surface area contributed by atoms with Crippen molar-refractivity contribution in [2.24, 2.45) is 0 Å². The van der Waals surface area contributed by atoms with Crippen molar-refractivity contribution in [1.29, 1.82) is 0 Å². The average molecular weight is 410 g/mol. The largest absolute Gasteiger partial charge is 0.506 e. The molecule has 0 aliphatic heterocycles. The SMILES string of the molecule is CC(C)c1nocc1C(=O)N(C)CC(O)CN(C)C(=O)c1ccc(Cl)c(O)c1. The number of phenolic OH excluding ortho intramolecular Hbond substituents is 1. The molecule has 152 valence electrons. The number of aromatic nitrogens is 1. The molecule has 1 aromatic carbocycles. The minimum absolute atomic E-state index is 0.000512. The number of hydrogen-bond donors (Lipinski definition) is 2. The zero-order chi connectivity index (χ0) is 21.0. The third-order valence-electron chi connectivity index (χ3n) is 4.23. The highest BCUT2D eigenvalue weighted by molar-refractivity contribution is 6.32. The maximum absolute atomic E-state index is 12.6. The summed E-state index contributed by atoms with van der Waals surface area (Å²) in [4.78, 5) is 27.7. The van der Waals surface area contributed by atoms with Gasteiger partial charge in [-0.25, -0.2) is 0 Å². The van der Waals surface area contributed by atoms with E-state index in [1.807, 2.05) is 13.8 Å². The number of hydrogen-bond acceptors (Lipinski definition) is 6. The van der Waals surface area contributed by atoms with Crippen LogP contribution in [0, 0.1) is 0 Å². The van der Waals surface area contributed by atoms with Gasteiger partial charge in [-0.2, -0.15) is 0 Å². The Balaban J connectivity index is 1.97. The second kappa shape index (κ2) is 9.07. The van der Waals surface area contributed by atoms with Crippen LogP contribution in [0.5, 0.6) is 5.75 Å². The summed E-state index contributed by atoms with van der Waals surface area (Å²) < 4.78 is 4.90. The smallest absolute Gasteiger partial charge is 0.258 e. The van der Waals surface area contributed by atoms with E-state index in [2.05, 4.69) is 5.16 Å². The number of phenols is 1. The third kappa shape index (κ3) is 5.02. The number of nitrogens with zero attached hydrogens (tertiary/aromatic N) is 3. The third-order valence-corrected chi connectivity index (χ3v) is 4.55. The molecule has 8 nitrogen and oxygen atoms in total. The second-order valence-corrected chi connectivity index (χ2v) is 7.37. The first-order chi connectivity index (χ1) is 13.1. The summed E-state index contributed by atoms with van der Waals surface area (Å²) in [5.74, 6) is -0.876. The van der Waals surface area contributed by atoms with Crippen molar-refractivity contribution < 1.29 is 24.3 Å². The molecule has 0 radical (unpaired) electrons. The van der Waals surface area contributed by atoms with Crippen LogP contribution in [0.1, 0.15) is 46.2 Å². The normalized spacial score (nSPS) is 12.1. The Morgan fingerprint density at radius 2 is 1.79 bits per heavy atom. The number of likely N-dealkylation sites (N-methyl/N-ethyl adjacent to an activating group) is 2. The Morgan fingerprint density at radius 3 is 2.36 bits per heavy atom. The van der Waals surface area contributed by atoms with Crippen LogP contribution in [0.3, 0.4) is 0 Å². The molecule has 0 aliphatic carbocycles. The van der Waals surface area contributed by atoms with E-state index < -0.39 is 6.10 Å². The number of benzene rings is 1. The summed E-state index contributed by atoms with van der Waals surface area (Å²) in [6.07, 6.45) is 0.328. The average Bonchev–Trinajstić information content (AvgIpc) is 3.12. The van der Waals surface area contributed by atoms with Crippen LogP contribution in [0.4, 0.5) is 0 Å². The summed E-state index contributed by atoms with van der Waals surface area (Å²) in [5, 5.41) is 23.9. The van der Waals surface area contributed by atoms with Crippen LogP contribution in [-0.4, -0.2) is 70.3 Å². The lowest BCUT2D eigenvalue weighted by Crippen LogP contribution is -2.41. The molecule has 0 spiro atoms. The molecule has 0 aliphatic rings. The van der Waals surface area contributed by atoms with Gasteiger partial charge in [0.2, 0.25) is 0 Å². The number of carbonyl (C=O) groups is 2. The molecule has 2 amide bonds. The lowest BCUT2D eigenvalue weighted by Gasteiger charge is -2.25. The molecule has 0 saturated heterocycles. The first kappa shape index (κ1) is 21.7. The van der Waals surface area contributed by atoms with Gasteiger partial charge in [0.05, 0.1) is 16.8 Å². The molecule has 2 aromatic rings. The zero-order valence-corrected chi connectivity index (χ0v) is 17.0. The molecule has 9 heteroatoms. The van der Waals surface area contributed by atoms with Crippen molar-refractivity contribution in [1.82, 2.24) is 15.0 Å². The van der Waals surface area contributed by atoms with Gasteiger partial charge in [0.15, 0.2) is 0 Å². The van der Waals surface area contributed by atoms with Gasteiger partial charge in [0, 0.05) is 32.7 Å². The van der Waals surface area contributed by atoms with E-state index in [9.17, 15) is 19.8 Å². The first-order valence-electron chi connectivity index (χ1n) is 8.73. The molecule has 0 saturated carbocycles. The van der Waals surface area contributed by atoms with E-state index in [-0.39, 0.29) is 47.2 Å². The van der Waals surface area contributed by atoms with Crippen LogP contribution in [-0.2, 0) is 0 Å². The van der Waals surface area contributed by atoms with E-state index in [1.54, 1.807) is 7.05 Å². The van der Waals surface area contributed by atoms with Crippen LogP contribution >= 0.6 is 11.6 Å². The molecule has 0 bridgehead atoms. The molecule has 2 rings (SSSR count). The predicted molar refractivity (Wildman–Crippen MR) is 104 cm³/mol. The molecule has 1 unspecified atom stereocenters. The Labute approximate surface area is 168 Å². The topological polar surface area (TPSA) is 107 Å². The molecule has 2 N–H and O–H groups in total. The molecule has 1 atom stereocenters. The number of carbonyl (C=O) groups excluding carboxylic acids is 2. The lowest BCUT2D eigenvalue weighted by atomic mass is 10.1. The molecule has 0 fully saturated rings. The van der Waals surface area contributed by atoms with E-state index in [4.69, 9.17) is 16.1 Å². The summed E-state index contributed by atoms with van der Waals surface area (Å²) in [7, 11) is 3.08. The highest BCUT2D eigenvalue weighted by atomic mass is 35.5. The summed E-state index contributed by atoms with van der Waals surface area (Å²) >= 11 is 5.75. The second-order valence-electron chi connectivity index (χ2n) is 6.96. The Hall–Kier alpha value is -2.58. The van der Waals surface area contributed by atoms with Crippen molar-refractivity contribution in [3.63, 3.8) is 0 Å². The molecule has 28 heavy (non-hydrogen) atoms. The maximum atomic E-state index is 12.6. The van der Waals surface area contributed by atoms with Gasteiger partial charge >= 0.3 is 0 Å². The van der Waals surface area contributed by atoms with Crippen LogP contribution < -0.4 is 0 Å². The predicted octanol–water partition coefficient (Wildman–Crippen LogP) is 2.36. The van der Waals surface area contributed by atoms with Gasteiger partial charge in [-0.05, 0) is 24.1 Å². The highest BCUT2D eigenvalue weighted by Crippen LogP contribution is 2.24. The number of rotatable bonds is 7. The van der Waals surface area contributed by atoms with Crippen LogP contribution in [0.25, 0.3) is 0 Å². The van der Waals surface area contributed by atoms with E-state index in [0.717, 1.165) is 0 Å². The van der Waals surface area contributed by atoms with E-state index >= 15 is 0 Å². The molecule has 1 heterocycles. The van der Waals surface area contributed by atoms with Gasteiger partial charge in [-0.1, -0.05) is 30.6 Å². The Morgan fingerprint density at radius 1 is 1.18 bits per heavy atom. The molecule has 1 aromatic heterocycles. The van der Waals surface area contributed by atoms with Crippen molar-refractivity contribution in [2.75, 3.05) is 27.2 Å². The summed E-state index contributed by atoms with van der Waals surface area (Å²) in [6.45, 7) is 3.82. The summed E-state index contributed by atoms with van der Waals surface area (Å²) in [6, 6.07) is 4.18. The van der Waals surface area contributed by atoms with Crippen LogP contribution in [0.2, 0.25) is 5.02 Å². The van der Waals surface area contributed by atoms with Gasteiger partial charge in [-0.3, -0.25) is 9.59 Å². The van der Waals surface area contributed by atoms with Crippen molar-refractivity contribution in [3.05, 3.63) is 46.3 Å². The lowest BCUT2D eigenvalue weighted by molar-refractivity contribution is 0.0546. The van der Waals surface area contributed by atoms with Gasteiger partial charge in [0.25, 0.3) is 11.8 Å². The fourth-order valence-electron chi connectivity index (χ4n) is 2.75. The Kier molecular flexibility index (Phi) is 7.04. The van der Waals surface area contributed by atoms with Gasteiger partial charge < -0.3 is 24.5 Å². The van der Waals surface area contributed by atoms with Gasteiger partial charge in [-0.15, -0.1) is 0 Å². The van der Waals surface area contributed by atoms with E-state index in [1.165, 1.54) is 41.3 Å². The maximum Gasteiger partial charge on any atom is 0.258 e. The monoisotopic (exact) mass is 409 g/mol. The number of halogens is 1. The minimum atomic E-state index is -0.967. The molecular formula is C19H24ClN3O5. The van der Waals surface area contributed by atoms with Crippen LogP contribution in [0.15, 0.2) is 29.0 Å². The quantitative estimate of drug-likeness (QED) is 0.726. The van der Waals surface area contributed by atoms with Crippen molar-refractivity contribution >= 4 is 23.4 Å². The number of aliphatic hydroxyl groups is 1. The number of amides is 2. The minimum Gasteiger partial charge on any atom is -0.506 e. The fourth-order valence-corrected chi connectivity index (χ4v) is 2.87. The summed E-state index contributed by atoms with van der Waals surface area (Å²) in [5.41, 5.74) is 1.15. The van der Waals surface area contributed by atoms with Crippen molar-refractivity contribution in [2.45, 2.75) is 25.9 Å². The Bertz CT molecular complexity index is 852. The van der Waals surface area contributed by atoms with Crippen molar-refractivity contribution in [3.8, 4) is 5.75 Å². The number of aromatic hydroxyl groups is 1.